The molecular weight excluding hydrogens is 196 g/mol. The first-order valence-corrected chi connectivity index (χ1v) is 5.31. The molecule has 2 nitrogen and oxygen atoms in total. The highest BCUT2D eigenvalue weighted by atomic mass is 14.6. The van der Waals surface area contributed by atoms with Gasteiger partial charge in [-0.1, -0.05) is 6.07 Å². The lowest BCUT2D eigenvalue weighted by molar-refractivity contribution is 0.688. The monoisotopic (exact) mass is 210 g/mol. The lowest BCUT2D eigenvalue weighted by Crippen LogP contribution is -2.13. The summed E-state index contributed by atoms with van der Waals surface area (Å²) in [5.41, 5.74) is 2.70. The van der Waals surface area contributed by atoms with Crippen LogP contribution in [0.2, 0.25) is 0 Å². The number of hydrogen-bond acceptors (Lipinski definition) is 2. The molecule has 2 aromatic rings. The first kappa shape index (κ1) is 10.6. The van der Waals surface area contributed by atoms with Crippen molar-refractivity contribution in [3.05, 3.63) is 41.6 Å². The Labute approximate surface area is 95.6 Å². The lowest BCUT2D eigenvalue weighted by Gasteiger charge is -2.16. The van der Waals surface area contributed by atoms with Crippen LogP contribution in [-0.2, 0) is 5.41 Å². The van der Waals surface area contributed by atoms with Gasteiger partial charge in [-0.25, -0.2) is 0 Å². The minimum Gasteiger partial charge on any atom is -0.256 e. The second-order valence-electron chi connectivity index (χ2n) is 4.66. The highest BCUT2D eigenvalue weighted by Gasteiger charge is 2.19. The van der Waals surface area contributed by atoms with Crippen LogP contribution in [-0.4, -0.2) is 4.98 Å². The van der Waals surface area contributed by atoms with Gasteiger partial charge in [0.15, 0.2) is 0 Å². The van der Waals surface area contributed by atoms with E-state index < -0.39 is 5.41 Å². The molecule has 0 saturated heterocycles. The fourth-order valence-corrected chi connectivity index (χ4v) is 1.69. The minimum atomic E-state index is -0.446. The Morgan fingerprint density at radius 1 is 1.25 bits per heavy atom. The summed E-state index contributed by atoms with van der Waals surface area (Å²) in [6.45, 7) is 5.88. The van der Waals surface area contributed by atoms with E-state index in [2.05, 4.69) is 23.2 Å². The minimum absolute atomic E-state index is 0.446. The standard InChI is InChI=1S/C14H14N2/c1-10-6-11-7-12(14(2,3)9-15)4-5-13(11)16-8-10/h4-8H,1-3H3. The molecule has 0 aliphatic carbocycles. The Morgan fingerprint density at radius 2 is 2.00 bits per heavy atom. The number of benzene rings is 1. The number of pyridine rings is 1. The van der Waals surface area contributed by atoms with Crippen LogP contribution in [0.5, 0.6) is 0 Å². The molecule has 0 N–H and O–H groups in total. The molecule has 1 aromatic heterocycles. The summed E-state index contributed by atoms with van der Waals surface area (Å²) in [6.07, 6.45) is 1.86. The van der Waals surface area contributed by atoms with E-state index >= 15 is 0 Å². The molecule has 0 aliphatic heterocycles. The molecule has 0 spiro atoms. The van der Waals surface area contributed by atoms with E-state index in [4.69, 9.17) is 5.26 Å². The van der Waals surface area contributed by atoms with Crippen molar-refractivity contribution in [3.63, 3.8) is 0 Å². The Kier molecular flexibility index (Phi) is 2.40. The predicted molar refractivity (Wildman–Crippen MR) is 65.1 cm³/mol. The molecule has 0 amide bonds. The number of aromatic nitrogens is 1. The molecule has 16 heavy (non-hydrogen) atoms. The van der Waals surface area contributed by atoms with E-state index in [1.54, 1.807) is 0 Å². The Morgan fingerprint density at radius 3 is 2.69 bits per heavy atom. The van der Waals surface area contributed by atoms with E-state index in [0.717, 1.165) is 22.0 Å². The van der Waals surface area contributed by atoms with Gasteiger partial charge in [0.1, 0.15) is 0 Å². The molecule has 1 heterocycles. The molecule has 0 bridgehead atoms. The van der Waals surface area contributed by atoms with Crippen molar-refractivity contribution in [1.82, 2.24) is 4.98 Å². The Balaban J connectivity index is 2.65. The van der Waals surface area contributed by atoms with Crippen LogP contribution < -0.4 is 0 Å². The molecule has 0 radical (unpaired) electrons. The zero-order valence-corrected chi connectivity index (χ0v) is 9.78. The Bertz CT molecular complexity index is 577. The van der Waals surface area contributed by atoms with Crippen LogP contribution in [0.1, 0.15) is 25.0 Å². The maximum absolute atomic E-state index is 9.11. The summed E-state index contributed by atoms with van der Waals surface area (Å²) in [6, 6.07) is 10.4. The van der Waals surface area contributed by atoms with Gasteiger partial charge in [0.05, 0.1) is 17.0 Å². The summed E-state index contributed by atoms with van der Waals surface area (Å²) in [5, 5.41) is 10.2. The topological polar surface area (TPSA) is 36.7 Å². The molecular formula is C14H14N2. The average Bonchev–Trinajstić information content (AvgIpc) is 2.28. The molecule has 80 valence electrons. The summed E-state index contributed by atoms with van der Waals surface area (Å²) >= 11 is 0. The van der Waals surface area contributed by atoms with E-state index in [9.17, 15) is 0 Å². The van der Waals surface area contributed by atoms with Crippen molar-refractivity contribution in [2.24, 2.45) is 0 Å². The van der Waals surface area contributed by atoms with Crippen LogP contribution in [0.15, 0.2) is 30.5 Å². The van der Waals surface area contributed by atoms with Crippen LogP contribution >= 0.6 is 0 Å². The number of aryl methyl sites for hydroxylation is 1. The molecule has 0 unspecified atom stereocenters. The molecule has 0 fully saturated rings. The van der Waals surface area contributed by atoms with Gasteiger partial charge in [-0.3, -0.25) is 4.98 Å². The molecule has 2 rings (SSSR count). The van der Waals surface area contributed by atoms with Crippen LogP contribution in [0.4, 0.5) is 0 Å². The normalized spacial score (nSPS) is 11.4. The summed E-state index contributed by atoms with van der Waals surface area (Å²) in [7, 11) is 0. The van der Waals surface area contributed by atoms with Gasteiger partial charge in [0.2, 0.25) is 0 Å². The molecule has 1 aromatic carbocycles. The first-order chi connectivity index (χ1) is 7.53. The highest BCUT2D eigenvalue weighted by molar-refractivity contribution is 5.80. The van der Waals surface area contributed by atoms with Crippen molar-refractivity contribution in [2.45, 2.75) is 26.2 Å². The van der Waals surface area contributed by atoms with Crippen LogP contribution in [0, 0.1) is 18.3 Å². The van der Waals surface area contributed by atoms with E-state index in [0.29, 0.717) is 0 Å². The second kappa shape index (κ2) is 3.61. The van der Waals surface area contributed by atoms with Crippen molar-refractivity contribution >= 4 is 10.9 Å². The zero-order valence-electron chi connectivity index (χ0n) is 9.78. The third kappa shape index (κ3) is 1.77. The molecule has 0 saturated carbocycles. The molecule has 2 heteroatoms. The van der Waals surface area contributed by atoms with Gasteiger partial charge in [-0.05, 0) is 50.1 Å². The fourth-order valence-electron chi connectivity index (χ4n) is 1.69. The van der Waals surface area contributed by atoms with Crippen LogP contribution in [0.3, 0.4) is 0 Å². The zero-order chi connectivity index (χ0) is 11.8. The van der Waals surface area contributed by atoms with Gasteiger partial charge in [-0.15, -0.1) is 0 Å². The van der Waals surface area contributed by atoms with E-state index in [1.807, 2.05) is 39.1 Å². The predicted octanol–water partition coefficient (Wildman–Crippen LogP) is 3.34. The largest absolute Gasteiger partial charge is 0.256 e. The second-order valence-corrected chi connectivity index (χ2v) is 4.66. The third-order valence-electron chi connectivity index (χ3n) is 2.82. The summed E-state index contributed by atoms with van der Waals surface area (Å²) in [5.74, 6) is 0. The fraction of sp³-hybridized carbons (Fsp3) is 0.286. The van der Waals surface area contributed by atoms with E-state index in [-0.39, 0.29) is 0 Å². The number of fused-ring (bicyclic) bond motifs is 1. The smallest absolute Gasteiger partial charge is 0.0766 e. The first-order valence-electron chi connectivity index (χ1n) is 5.31. The highest BCUT2D eigenvalue weighted by Crippen LogP contribution is 2.25. The van der Waals surface area contributed by atoms with Gasteiger partial charge >= 0.3 is 0 Å². The van der Waals surface area contributed by atoms with Gasteiger partial charge < -0.3 is 0 Å². The third-order valence-corrected chi connectivity index (χ3v) is 2.82. The number of nitriles is 1. The molecule has 0 atom stereocenters. The van der Waals surface area contributed by atoms with Crippen molar-refractivity contribution in [3.8, 4) is 6.07 Å². The van der Waals surface area contributed by atoms with Crippen molar-refractivity contribution < 1.29 is 0 Å². The van der Waals surface area contributed by atoms with Gasteiger partial charge in [-0.2, -0.15) is 5.26 Å². The SMILES string of the molecule is Cc1cnc2ccc(C(C)(C)C#N)cc2c1. The number of rotatable bonds is 1. The summed E-state index contributed by atoms with van der Waals surface area (Å²) in [4.78, 5) is 4.35. The average molecular weight is 210 g/mol. The maximum atomic E-state index is 9.11. The maximum Gasteiger partial charge on any atom is 0.0766 e. The van der Waals surface area contributed by atoms with Crippen LogP contribution in [0.25, 0.3) is 10.9 Å². The van der Waals surface area contributed by atoms with Gasteiger partial charge in [0, 0.05) is 11.6 Å². The number of nitrogens with zero attached hydrogens (tertiary/aromatic N) is 2. The molecule has 0 aliphatic rings. The Hall–Kier alpha value is -1.88. The van der Waals surface area contributed by atoms with E-state index in [1.165, 1.54) is 0 Å². The van der Waals surface area contributed by atoms with Crippen molar-refractivity contribution in [1.29, 1.82) is 5.26 Å². The summed E-state index contributed by atoms with van der Waals surface area (Å²) < 4.78 is 0. The number of hydrogen-bond donors (Lipinski definition) is 0. The quantitative estimate of drug-likeness (QED) is 0.723. The van der Waals surface area contributed by atoms with Crippen molar-refractivity contribution in [2.75, 3.05) is 0 Å². The van der Waals surface area contributed by atoms with Gasteiger partial charge in [0.25, 0.3) is 0 Å². The lowest BCUT2D eigenvalue weighted by atomic mass is 9.85.